The second-order valence-corrected chi connectivity index (χ2v) is 5.28. The molecule has 1 aliphatic heterocycles. The molecular weight excluding hydrogens is 254 g/mol. The Morgan fingerprint density at radius 1 is 1.35 bits per heavy atom. The molecule has 2 N–H and O–H groups in total. The fraction of sp³-hybridized carbons (Fsp3) is 0.467. The van der Waals surface area contributed by atoms with Gasteiger partial charge in [0.2, 0.25) is 0 Å². The molecule has 1 aromatic rings. The highest BCUT2D eigenvalue weighted by Crippen LogP contribution is 2.17. The Balaban J connectivity index is 2.02. The maximum atomic E-state index is 12.2. The van der Waals surface area contributed by atoms with Crippen LogP contribution in [-0.2, 0) is 0 Å². The van der Waals surface area contributed by atoms with Crippen molar-refractivity contribution in [3.63, 3.8) is 0 Å². The van der Waals surface area contributed by atoms with Crippen molar-refractivity contribution in [3.8, 4) is 0 Å². The van der Waals surface area contributed by atoms with E-state index in [1.165, 1.54) is 6.42 Å². The Bertz CT molecular complexity index is 502. The predicted molar refractivity (Wildman–Crippen MR) is 78.8 cm³/mol. The summed E-state index contributed by atoms with van der Waals surface area (Å²) < 4.78 is 0. The van der Waals surface area contributed by atoms with Crippen LogP contribution in [-0.4, -0.2) is 37.0 Å². The number of nitrogens with one attached hydrogen (secondary N) is 2. The average Bonchev–Trinajstić information content (AvgIpc) is 2.46. The van der Waals surface area contributed by atoms with E-state index < -0.39 is 0 Å². The van der Waals surface area contributed by atoms with Gasteiger partial charge in [-0.15, -0.1) is 0 Å². The number of likely N-dealkylation sites (tertiary alicyclic amines) is 1. The van der Waals surface area contributed by atoms with Crippen LogP contribution in [0.4, 0.5) is 10.5 Å². The highest BCUT2D eigenvalue weighted by molar-refractivity contribution is 5.96. The summed E-state index contributed by atoms with van der Waals surface area (Å²) in [5.74, 6) is 0.388. The molecule has 1 atom stereocenters. The Morgan fingerprint density at radius 3 is 2.85 bits per heavy atom. The summed E-state index contributed by atoms with van der Waals surface area (Å²) in [6.45, 7) is 3.75. The number of hydrogen-bond donors (Lipinski definition) is 2. The molecular formula is C15H21N3O2. The number of anilines is 1. The SMILES string of the molecule is CNC(=O)c1cccc(NC(=O)N2CCCC(C)C2)c1. The molecule has 1 fully saturated rings. The molecule has 0 radical (unpaired) electrons. The van der Waals surface area contributed by atoms with Crippen molar-refractivity contribution in [3.05, 3.63) is 29.8 Å². The Hall–Kier alpha value is -2.04. The third kappa shape index (κ3) is 3.50. The molecule has 20 heavy (non-hydrogen) atoms. The number of urea groups is 1. The molecule has 1 unspecified atom stereocenters. The van der Waals surface area contributed by atoms with Gasteiger partial charge in [0.25, 0.3) is 5.91 Å². The van der Waals surface area contributed by atoms with Crippen LogP contribution in [0.15, 0.2) is 24.3 Å². The van der Waals surface area contributed by atoms with E-state index in [1.54, 1.807) is 31.3 Å². The van der Waals surface area contributed by atoms with Crippen molar-refractivity contribution in [2.24, 2.45) is 5.92 Å². The van der Waals surface area contributed by atoms with E-state index in [0.717, 1.165) is 19.5 Å². The minimum Gasteiger partial charge on any atom is -0.355 e. The van der Waals surface area contributed by atoms with Gasteiger partial charge >= 0.3 is 6.03 Å². The monoisotopic (exact) mass is 275 g/mol. The molecule has 2 rings (SSSR count). The van der Waals surface area contributed by atoms with E-state index in [1.807, 2.05) is 4.90 Å². The van der Waals surface area contributed by atoms with Crippen LogP contribution >= 0.6 is 0 Å². The minimum absolute atomic E-state index is 0.0920. The highest BCUT2D eigenvalue weighted by atomic mass is 16.2. The lowest BCUT2D eigenvalue weighted by Crippen LogP contribution is -2.41. The minimum atomic E-state index is -0.160. The standard InChI is InChI=1S/C15H21N3O2/c1-11-5-4-8-18(10-11)15(20)17-13-7-3-6-12(9-13)14(19)16-2/h3,6-7,9,11H,4-5,8,10H2,1-2H3,(H,16,19)(H,17,20). The number of carbonyl (C=O) groups is 2. The fourth-order valence-corrected chi connectivity index (χ4v) is 2.46. The zero-order valence-corrected chi connectivity index (χ0v) is 12.0. The van der Waals surface area contributed by atoms with Crippen molar-refractivity contribution < 1.29 is 9.59 Å². The van der Waals surface area contributed by atoms with Gasteiger partial charge in [-0.05, 0) is 37.0 Å². The first-order valence-electron chi connectivity index (χ1n) is 6.98. The summed E-state index contributed by atoms with van der Waals surface area (Å²) in [6, 6.07) is 6.86. The van der Waals surface area contributed by atoms with Crippen LogP contribution in [0.5, 0.6) is 0 Å². The lowest BCUT2D eigenvalue weighted by molar-refractivity contribution is 0.0963. The van der Waals surface area contributed by atoms with Gasteiger partial charge in [0, 0.05) is 31.4 Å². The quantitative estimate of drug-likeness (QED) is 0.870. The van der Waals surface area contributed by atoms with Crippen LogP contribution < -0.4 is 10.6 Å². The lowest BCUT2D eigenvalue weighted by atomic mass is 10.0. The molecule has 0 bridgehead atoms. The summed E-state index contributed by atoms with van der Waals surface area (Å²) in [6.07, 6.45) is 2.23. The van der Waals surface area contributed by atoms with E-state index >= 15 is 0 Å². The highest BCUT2D eigenvalue weighted by Gasteiger charge is 2.20. The van der Waals surface area contributed by atoms with Crippen LogP contribution in [0.25, 0.3) is 0 Å². The van der Waals surface area contributed by atoms with E-state index in [0.29, 0.717) is 17.2 Å². The van der Waals surface area contributed by atoms with Gasteiger partial charge in [-0.1, -0.05) is 13.0 Å². The molecule has 1 heterocycles. The molecule has 1 saturated heterocycles. The first kappa shape index (κ1) is 14.4. The number of carbonyl (C=O) groups excluding carboxylic acids is 2. The number of hydrogen-bond acceptors (Lipinski definition) is 2. The normalized spacial score (nSPS) is 18.5. The molecule has 108 valence electrons. The fourth-order valence-electron chi connectivity index (χ4n) is 2.46. The van der Waals surface area contributed by atoms with E-state index in [2.05, 4.69) is 17.6 Å². The van der Waals surface area contributed by atoms with Gasteiger partial charge in [-0.25, -0.2) is 4.79 Å². The first-order valence-corrected chi connectivity index (χ1v) is 6.98. The summed E-state index contributed by atoms with van der Waals surface area (Å²) in [5, 5.41) is 5.43. The van der Waals surface area contributed by atoms with Gasteiger partial charge in [-0.2, -0.15) is 0 Å². The molecule has 0 aliphatic carbocycles. The Morgan fingerprint density at radius 2 is 2.15 bits per heavy atom. The van der Waals surface area contributed by atoms with Crippen LogP contribution in [0.2, 0.25) is 0 Å². The molecule has 1 aromatic carbocycles. The second-order valence-electron chi connectivity index (χ2n) is 5.28. The molecule has 0 spiro atoms. The van der Waals surface area contributed by atoms with Gasteiger partial charge < -0.3 is 15.5 Å². The number of nitrogens with zero attached hydrogens (tertiary/aromatic N) is 1. The van der Waals surface area contributed by atoms with Crippen molar-refractivity contribution >= 4 is 17.6 Å². The molecule has 0 aromatic heterocycles. The maximum Gasteiger partial charge on any atom is 0.321 e. The number of amides is 3. The van der Waals surface area contributed by atoms with Gasteiger partial charge in [0.05, 0.1) is 0 Å². The lowest BCUT2D eigenvalue weighted by Gasteiger charge is -2.30. The van der Waals surface area contributed by atoms with Crippen LogP contribution in [0, 0.1) is 5.92 Å². The van der Waals surface area contributed by atoms with Crippen molar-refractivity contribution in [1.29, 1.82) is 0 Å². The third-order valence-corrected chi connectivity index (χ3v) is 3.55. The van der Waals surface area contributed by atoms with Gasteiger partial charge in [0.1, 0.15) is 0 Å². The number of rotatable bonds is 2. The Kier molecular flexibility index (Phi) is 4.61. The first-order chi connectivity index (χ1) is 9.60. The molecule has 5 heteroatoms. The smallest absolute Gasteiger partial charge is 0.321 e. The van der Waals surface area contributed by atoms with Crippen LogP contribution in [0.1, 0.15) is 30.1 Å². The largest absolute Gasteiger partial charge is 0.355 e. The maximum absolute atomic E-state index is 12.2. The summed E-state index contributed by atoms with van der Waals surface area (Å²) in [5.41, 5.74) is 1.19. The summed E-state index contributed by atoms with van der Waals surface area (Å²) in [7, 11) is 1.59. The zero-order valence-electron chi connectivity index (χ0n) is 12.0. The molecule has 5 nitrogen and oxygen atoms in total. The van der Waals surface area contributed by atoms with Crippen molar-refractivity contribution in [1.82, 2.24) is 10.2 Å². The summed E-state index contributed by atoms with van der Waals surface area (Å²) >= 11 is 0. The van der Waals surface area contributed by atoms with Crippen molar-refractivity contribution in [2.45, 2.75) is 19.8 Å². The topological polar surface area (TPSA) is 61.4 Å². The predicted octanol–water partition coefficient (Wildman–Crippen LogP) is 2.31. The number of benzene rings is 1. The third-order valence-electron chi connectivity index (χ3n) is 3.55. The van der Waals surface area contributed by atoms with Gasteiger partial charge in [-0.3, -0.25) is 4.79 Å². The number of piperidine rings is 1. The van der Waals surface area contributed by atoms with E-state index in [-0.39, 0.29) is 11.9 Å². The zero-order chi connectivity index (χ0) is 14.5. The van der Waals surface area contributed by atoms with E-state index in [9.17, 15) is 9.59 Å². The van der Waals surface area contributed by atoms with E-state index in [4.69, 9.17) is 0 Å². The molecule has 1 aliphatic rings. The van der Waals surface area contributed by atoms with Gasteiger partial charge in [0.15, 0.2) is 0 Å². The average molecular weight is 275 g/mol. The second kappa shape index (κ2) is 6.41. The summed E-state index contributed by atoms with van der Waals surface area (Å²) in [4.78, 5) is 25.6. The Labute approximate surface area is 119 Å². The molecule has 3 amide bonds. The van der Waals surface area contributed by atoms with Crippen molar-refractivity contribution in [2.75, 3.05) is 25.5 Å². The molecule has 0 saturated carbocycles. The van der Waals surface area contributed by atoms with Crippen LogP contribution in [0.3, 0.4) is 0 Å².